The summed E-state index contributed by atoms with van der Waals surface area (Å²) in [5, 5.41) is 13.4. The Morgan fingerprint density at radius 2 is 1.68 bits per heavy atom. The highest BCUT2D eigenvalue weighted by Gasteiger charge is 2.46. The van der Waals surface area contributed by atoms with Crippen LogP contribution in [0.2, 0.25) is 0 Å². The molecule has 1 aliphatic carbocycles. The van der Waals surface area contributed by atoms with Crippen molar-refractivity contribution in [1.29, 1.82) is 0 Å². The van der Waals surface area contributed by atoms with Crippen LogP contribution in [0.4, 0.5) is 5.82 Å². The van der Waals surface area contributed by atoms with Crippen molar-refractivity contribution >= 4 is 5.82 Å². The number of rotatable bonds is 2. The maximum Gasteiger partial charge on any atom is 0.176 e. The molecule has 0 amide bonds. The molecular formula is C19H27N5O. The summed E-state index contributed by atoms with van der Waals surface area (Å²) >= 11 is 0. The van der Waals surface area contributed by atoms with Gasteiger partial charge in [-0.05, 0) is 58.7 Å². The molecule has 0 atom stereocenters. The lowest BCUT2D eigenvalue weighted by Crippen LogP contribution is -2.59. The third-order valence-corrected chi connectivity index (χ3v) is 5.25. The van der Waals surface area contributed by atoms with Gasteiger partial charge in [-0.1, -0.05) is 12.8 Å². The topological polar surface area (TPSA) is 56.1 Å². The maximum atomic E-state index is 6.48. The molecular weight excluding hydrogens is 314 g/mol. The summed E-state index contributed by atoms with van der Waals surface area (Å²) in [5.41, 5.74) is 1.87. The van der Waals surface area contributed by atoms with E-state index in [0.717, 1.165) is 49.0 Å². The lowest BCUT2D eigenvalue weighted by molar-refractivity contribution is -0.148. The lowest BCUT2D eigenvalue weighted by atomic mass is 9.94. The highest BCUT2D eigenvalue weighted by molar-refractivity contribution is 5.42. The molecule has 0 aromatic carbocycles. The zero-order valence-corrected chi connectivity index (χ0v) is 15.6. The number of hydrogen-bond acceptors (Lipinski definition) is 5. The largest absolute Gasteiger partial charge is 0.365 e. The Hall–Kier alpha value is -1.95. The van der Waals surface area contributed by atoms with Gasteiger partial charge >= 0.3 is 0 Å². The summed E-state index contributed by atoms with van der Waals surface area (Å²) in [6.07, 6.45) is 4.80. The fourth-order valence-corrected chi connectivity index (χ4v) is 4.42. The Morgan fingerprint density at radius 1 is 1.00 bits per heavy atom. The van der Waals surface area contributed by atoms with Crippen LogP contribution in [0.15, 0.2) is 18.2 Å². The molecule has 134 valence electrons. The standard InChI is InChI=1S/C19H27N5O/c1-14-11-15(2)24(22-14)17-8-7-16(20-21-17)23-12-18(3,4)25-19(13-23)9-5-6-10-19/h7-8,11H,5-6,9-10,12-13H2,1-4H3. The van der Waals surface area contributed by atoms with E-state index in [4.69, 9.17) is 4.74 Å². The van der Waals surface area contributed by atoms with Crippen molar-refractivity contribution in [2.75, 3.05) is 18.0 Å². The molecule has 25 heavy (non-hydrogen) atoms. The third-order valence-electron chi connectivity index (χ3n) is 5.25. The van der Waals surface area contributed by atoms with E-state index in [1.54, 1.807) is 0 Å². The minimum absolute atomic E-state index is 0.0161. The van der Waals surface area contributed by atoms with E-state index in [2.05, 4.69) is 40.1 Å². The van der Waals surface area contributed by atoms with E-state index in [0.29, 0.717) is 0 Å². The number of hydrogen-bond donors (Lipinski definition) is 0. The van der Waals surface area contributed by atoms with Gasteiger partial charge < -0.3 is 9.64 Å². The van der Waals surface area contributed by atoms with Gasteiger partial charge in [0.05, 0.1) is 16.9 Å². The van der Waals surface area contributed by atoms with Crippen LogP contribution >= 0.6 is 0 Å². The first kappa shape index (κ1) is 16.5. The van der Waals surface area contributed by atoms with E-state index in [1.807, 2.05) is 30.7 Å². The quantitative estimate of drug-likeness (QED) is 0.839. The van der Waals surface area contributed by atoms with Crippen LogP contribution < -0.4 is 4.90 Å². The van der Waals surface area contributed by atoms with E-state index in [-0.39, 0.29) is 11.2 Å². The van der Waals surface area contributed by atoms with E-state index < -0.39 is 0 Å². The Balaban J connectivity index is 1.60. The number of aromatic nitrogens is 4. The molecule has 2 fully saturated rings. The first-order chi connectivity index (χ1) is 11.9. The fraction of sp³-hybridized carbons (Fsp3) is 0.632. The summed E-state index contributed by atoms with van der Waals surface area (Å²) < 4.78 is 8.32. The monoisotopic (exact) mass is 341 g/mol. The van der Waals surface area contributed by atoms with Crippen molar-refractivity contribution in [2.24, 2.45) is 0 Å². The van der Waals surface area contributed by atoms with Gasteiger partial charge in [0.15, 0.2) is 11.6 Å². The number of morpholine rings is 1. The second kappa shape index (κ2) is 5.80. The Labute approximate surface area is 149 Å². The molecule has 4 rings (SSSR count). The molecule has 3 heterocycles. The van der Waals surface area contributed by atoms with Crippen molar-refractivity contribution in [3.05, 3.63) is 29.6 Å². The second-order valence-corrected chi connectivity index (χ2v) is 8.20. The summed E-state index contributed by atoms with van der Waals surface area (Å²) in [6, 6.07) is 6.11. The van der Waals surface area contributed by atoms with Gasteiger partial charge in [-0.3, -0.25) is 0 Å². The van der Waals surface area contributed by atoms with Crippen molar-refractivity contribution in [3.63, 3.8) is 0 Å². The fourth-order valence-electron chi connectivity index (χ4n) is 4.42. The lowest BCUT2D eigenvalue weighted by Gasteiger charge is -2.49. The van der Waals surface area contributed by atoms with Crippen LogP contribution in [0.5, 0.6) is 0 Å². The zero-order valence-electron chi connectivity index (χ0n) is 15.6. The molecule has 1 aliphatic heterocycles. The first-order valence-corrected chi connectivity index (χ1v) is 9.18. The van der Waals surface area contributed by atoms with E-state index >= 15 is 0 Å². The molecule has 1 spiro atoms. The molecule has 1 saturated heterocycles. The van der Waals surface area contributed by atoms with Gasteiger partial charge in [0.25, 0.3) is 0 Å². The van der Waals surface area contributed by atoms with Crippen LogP contribution in [0.25, 0.3) is 5.82 Å². The number of ether oxygens (including phenoxy) is 1. The van der Waals surface area contributed by atoms with Crippen molar-refractivity contribution in [3.8, 4) is 5.82 Å². The van der Waals surface area contributed by atoms with E-state index in [1.165, 1.54) is 12.8 Å². The number of aryl methyl sites for hydroxylation is 2. The molecule has 0 bridgehead atoms. The normalized spacial score (nSPS) is 21.8. The smallest absolute Gasteiger partial charge is 0.176 e. The van der Waals surface area contributed by atoms with Gasteiger partial charge in [0.1, 0.15) is 0 Å². The number of nitrogens with zero attached hydrogens (tertiary/aromatic N) is 5. The molecule has 2 aromatic heterocycles. The molecule has 6 nitrogen and oxygen atoms in total. The summed E-state index contributed by atoms with van der Waals surface area (Å²) in [7, 11) is 0. The van der Waals surface area contributed by atoms with Crippen LogP contribution in [0.3, 0.4) is 0 Å². The minimum atomic E-state index is -0.168. The third kappa shape index (κ3) is 3.15. The summed E-state index contributed by atoms with van der Waals surface area (Å²) in [4.78, 5) is 2.34. The first-order valence-electron chi connectivity index (χ1n) is 9.18. The van der Waals surface area contributed by atoms with Gasteiger partial charge in [0.2, 0.25) is 0 Å². The predicted octanol–water partition coefficient (Wildman–Crippen LogP) is 3.21. The molecule has 1 saturated carbocycles. The second-order valence-electron chi connectivity index (χ2n) is 8.20. The van der Waals surface area contributed by atoms with Crippen LogP contribution in [0, 0.1) is 13.8 Å². The van der Waals surface area contributed by atoms with Crippen molar-refractivity contribution < 1.29 is 4.74 Å². The summed E-state index contributed by atoms with van der Waals surface area (Å²) in [6.45, 7) is 10.1. The summed E-state index contributed by atoms with van der Waals surface area (Å²) in [5.74, 6) is 1.69. The average Bonchev–Trinajstić information content (AvgIpc) is 3.12. The van der Waals surface area contributed by atoms with Gasteiger partial charge in [-0.25, -0.2) is 4.68 Å². The molecule has 0 radical (unpaired) electrons. The Kier molecular flexibility index (Phi) is 3.83. The average molecular weight is 341 g/mol. The highest BCUT2D eigenvalue weighted by atomic mass is 16.5. The van der Waals surface area contributed by atoms with Crippen molar-refractivity contribution in [2.45, 2.75) is 64.6 Å². The van der Waals surface area contributed by atoms with Crippen LogP contribution in [-0.4, -0.2) is 44.3 Å². The molecule has 2 aromatic rings. The minimum Gasteiger partial charge on any atom is -0.365 e. The Bertz CT molecular complexity index is 759. The van der Waals surface area contributed by atoms with Gasteiger partial charge in [-0.2, -0.15) is 5.10 Å². The predicted molar refractivity (Wildman–Crippen MR) is 97.2 cm³/mol. The maximum absolute atomic E-state index is 6.48. The zero-order chi connectivity index (χ0) is 17.7. The van der Waals surface area contributed by atoms with E-state index in [9.17, 15) is 0 Å². The van der Waals surface area contributed by atoms with Crippen LogP contribution in [0.1, 0.15) is 50.9 Å². The Morgan fingerprint density at radius 3 is 2.28 bits per heavy atom. The van der Waals surface area contributed by atoms with Crippen molar-refractivity contribution in [1.82, 2.24) is 20.0 Å². The molecule has 0 unspecified atom stereocenters. The molecule has 6 heteroatoms. The highest BCUT2D eigenvalue weighted by Crippen LogP contribution is 2.41. The van der Waals surface area contributed by atoms with Crippen LogP contribution in [-0.2, 0) is 4.74 Å². The number of anilines is 1. The van der Waals surface area contributed by atoms with Gasteiger partial charge in [0, 0.05) is 18.8 Å². The molecule has 2 aliphatic rings. The van der Waals surface area contributed by atoms with Gasteiger partial charge in [-0.15, -0.1) is 10.2 Å². The SMILES string of the molecule is Cc1cc(C)n(-c2ccc(N3CC(C)(C)OC4(CCCC4)C3)nn2)n1. The molecule has 0 N–H and O–H groups in total.